The predicted octanol–water partition coefficient (Wildman–Crippen LogP) is 4.08. The van der Waals surface area contributed by atoms with Gasteiger partial charge in [0.25, 0.3) is 5.91 Å². The summed E-state index contributed by atoms with van der Waals surface area (Å²) in [7, 11) is -3.94. The second-order valence-electron chi connectivity index (χ2n) is 10.2. The van der Waals surface area contributed by atoms with E-state index in [0.29, 0.717) is 24.0 Å². The number of para-hydroxylation sites is 1. The van der Waals surface area contributed by atoms with Crippen molar-refractivity contribution in [3.8, 4) is 0 Å². The number of nitrogens with one attached hydrogen (secondary N) is 2. The molecule has 2 atom stereocenters. The minimum Gasteiger partial charge on any atom is -0.451 e. The van der Waals surface area contributed by atoms with Crippen LogP contribution in [0, 0.1) is 12.8 Å². The molecular formula is C28H32ClN3O6S. The van der Waals surface area contributed by atoms with Crippen molar-refractivity contribution in [1.82, 2.24) is 14.9 Å². The highest BCUT2D eigenvalue weighted by molar-refractivity contribution is 7.89. The molecule has 2 aromatic carbocycles. The zero-order chi connectivity index (χ0) is 28.3. The molecule has 39 heavy (non-hydrogen) atoms. The lowest BCUT2D eigenvalue weighted by Gasteiger charge is -2.23. The van der Waals surface area contributed by atoms with Gasteiger partial charge in [-0.25, -0.2) is 8.42 Å². The van der Waals surface area contributed by atoms with Crippen molar-refractivity contribution < 1.29 is 27.2 Å². The van der Waals surface area contributed by atoms with E-state index in [9.17, 15) is 22.8 Å². The van der Waals surface area contributed by atoms with Gasteiger partial charge < -0.3 is 15.1 Å². The fourth-order valence-corrected chi connectivity index (χ4v) is 6.47. The van der Waals surface area contributed by atoms with Crippen LogP contribution in [-0.2, 0) is 19.6 Å². The summed E-state index contributed by atoms with van der Waals surface area (Å²) in [5.74, 6) is -1.24. The molecule has 1 unspecified atom stereocenters. The van der Waals surface area contributed by atoms with E-state index in [1.807, 2.05) is 32.0 Å². The number of carbonyl (C=O) groups excluding carboxylic acids is 3. The van der Waals surface area contributed by atoms with Crippen LogP contribution < -0.4 is 10.6 Å². The van der Waals surface area contributed by atoms with Gasteiger partial charge in [-0.15, -0.1) is 0 Å². The van der Waals surface area contributed by atoms with Crippen LogP contribution in [0.15, 0.2) is 57.8 Å². The van der Waals surface area contributed by atoms with Gasteiger partial charge in [0.1, 0.15) is 11.6 Å². The number of nitrogens with zero attached hydrogens (tertiary/aromatic N) is 1. The second-order valence-corrected chi connectivity index (χ2v) is 12.5. The van der Waals surface area contributed by atoms with E-state index in [-0.39, 0.29) is 41.1 Å². The number of hydrogen-bond acceptors (Lipinski definition) is 6. The number of ketones is 1. The smallest absolute Gasteiger partial charge is 0.287 e. The zero-order valence-corrected chi connectivity index (χ0v) is 23.6. The number of sulfonamides is 1. The Kier molecular flexibility index (Phi) is 8.78. The summed E-state index contributed by atoms with van der Waals surface area (Å²) in [6.45, 7) is 5.39. The molecule has 208 valence electrons. The Bertz CT molecular complexity index is 1500. The van der Waals surface area contributed by atoms with E-state index < -0.39 is 39.7 Å². The number of furan rings is 1. The molecule has 11 heteroatoms. The minimum atomic E-state index is -3.94. The second kappa shape index (κ2) is 11.9. The largest absolute Gasteiger partial charge is 0.451 e. The average Bonchev–Trinajstić information content (AvgIpc) is 3.11. The van der Waals surface area contributed by atoms with Crippen molar-refractivity contribution in [2.45, 2.75) is 57.0 Å². The maximum Gasteiger partial charge on any atom is 0.287 e. The van der Waals surface area contributed by atoms with Crippen LogP contribution in [-0.4, -0.2) is 55.5 Å². The van der Waals surface area contributed by atoms with E-state index in [4.69, 9.17) is 16.0 Å². The molecule has 2 heterocycles. The summed E-state index contributed by atoms with van der Waals surface area (Å²) >= 11 is 5.97. The minimum absolute atomic E-state index is 0.00544. The Morgan fingerprint density at radius 3 is 2.59 bits per heavy atom. The summed E-state index contributed by atoms with van der Waals surface area (Å²) in [6, 6.07) is 11.4. The first-order valence-electron chi connectivity index (χ1n) is 12.8. The fourth-order valence-electron chi connectivity index (χ4n) is 4.72. The van der Waals surface area contributed by atoms with E-state index in [1.54, 1.807) is 19.1 Å². The third-order valence-electron chi connectivity index (χ3n) is 6.75. The predicted molar refractivity (Wildman–Crippen MR) is 148 cm³/mol. The van der Waals surface area contributed by atoms with E-state index >= 15 is 0 Å². The summed E-state index contributed by atoms with van der Waals surface area (Å²) in [4.78, 5) is 39.5. The summed E-state index contributed by atoms with van der Waals surface area (Å²) in [6.07, 6.45) is 0.986. The third-order valence-corrected chi connectivity index (χ3v) is 8.83. The van der Waals surface area contributed by atoms with Gasteiger partial charge >= 0.3 is 0 Å². The Hall–Kier alpha value is -3.21. The van der Waals surface area contributed by atoms with E-state index in [1.165, 1.54) is 18.2 Å². The van der Waals surface area contributed by atoms with Gasteiger partial charge in [-0.05, 0) is 56.4 Å². The molecule has 1 aliphatic rings. The van der Waals surface area contributed by atoms with E-state index in [2.05, 4.69) is 10.6 Å². The van der Waals surface area contributed by atoms with Crippen molar-refractivity contribution in [2.75, 3.05) is 13.1 Å². The molecule has 9 nitrogen and oxygen atoms in total. The molecule has 0 spiro atoms. The normalized spacial score (nSPS) is 17.7. The van der Waals surface area contributed by atoms with Crippen molar-refractivity contribution in [2.24, 2.45) is 5.92 Å². The Morgan fingerprint density at radius 2 is 1.90 bits per heavy atom. The van der Waals surface area contributed by atoms with Crippen LogP contribution in [0.2, 0.25) is 5.02 Å². The van der Waals surface area contributed by atoms with Gasteiger partial charge in [-0.1, -0.05) is 49.7 Å². The average molecular weight is 574 g/mol. The maximum atomic E-state index is 13.3. The highest BCUT2D eigenvalue weighted by Gasteiger charge is 2.34. The van der Waals surface area contributed by atoms with Gasteiger partial charge in [-0.3, -0.25) is 14.4 Å². The first-order valence-corrected chi connectivity index (χ1v) is 14.7. The van der Waals surface area contributed by atoms with Crippen LogP contribution in [0.4, 0.5) is 0 Å². The number of halogens is 1. The van der Waals surface area contributed by atoms with Crippen LogP contribution in [0.25, 0.3) is 11.0 Å². The monoisotopic (exact) mass is 573 g/mol. The topological polar surface area (TPSA) is 126 Å². The molecule has 1 fully saturated rings. The number of hydrogen-bond donors (Lipinski definition) is 2. The summed E-state index contributed by atoms with van der Waals surface area (Å²) < 4.78 is 33.1. The number of Topliss-reactive ketones (excluding diaryl/α,β-unsaturated/α-hetero) is 1. The standard InChI is InChI=1S/C28H32ClN3O6S/c1-17(2)14-23(31-28(35)26-18(3)21-10-4-5-12-25(21)38-26)27(34)30-22-11-7-13-32(16-24(22)33)39(36,37)20-9-6-8-19(29)15-20/h4-6,8-10,12,15,17,22-23H,7,11,13-14,16H2,1-3H3,(H,30,34)(H,31,35)/t22-,23?/m0/s1. The lowest BCUT2D eigenvalue weighted by Crippen LogP contribution is -2.52. The molecule has 3 aromatic rings. The molecule has 1 aromatic heterocycles. The number of amides is 2. The number of fused-ring (bicyclic) bond motifs is 1. The SMILES string of the molecule is Cc1c(C(=O)NC(CC(C)C)C(=O)N[C@H]2CCCN(S(=O)(=O)c3cccc(Cl)c3)CC2=O)oc2ccccc12. The number of aryl methyl sites for hydroxylation is 1. The first-order chi connectivity index (χ1) is 18.5. The Balaban J connectivity index is 1.46. The first kappa shape index (κ1) is 28.8. The molecule has 0 aliphatic carbocycles. The van der Waals surface area contributed by atoms with Crippen LogP contribution >= 0.6 is 11.6 Å². The van der Waals surface area contributed by atoms with Gasteiger partial charge in [-0.2, -0.15) is 4.31 Å². The lowest BCUT2D eigenvalue weighted by molar-refractivity contribution is -0.129. The highest BCUT2D eigenvalue weighted by atomic mass is 35.5. The molecule has 0 bridgehead atoms. The quantitative estimate of drug-likeness (QED) is 0.418. The molecule has 2 amide bonds. The van der Waals surface area contributed by atoms with Gasteiger partial charge in [0.2, 0.25) is 15.9 Å². The Labute approximate surface area is 232 Å². The van der Waals surface area contributed by atoms with E-state index in [0.717, 1.165) is 9.69 Å². The molecule has 0 radical (unpaired) electrons. The molecule has 4 rings (SSSR count). The van der Waals surface area contributed by atoms with Crippen LogP contribution in [0.1, 0.15) is 49.2 Å². The molecule has 2 N–H and O–H groups in total. The molecule has 1 aliphatic heterocycles. The Morgan fingerprint density at radius 1 is 1.15 bits per heavy atom. The maximum absolute atomic E-state index is 13.3. The highest BCUT2D eigenvalue weighted by Crippen LogP contribution is 2.25. The third kappa shape index (κ3) is 6.51. The summed E-state index contributed by atoms with van der Waals surface area (Å²) in [5, 5.41) is 6.62. The fraction of sp³-hybridized carbons (Fsp3) is 0.393. The number of benzene rings is 2. The molecular weight excluding hydrogens is 542 g/mol. The van der Waals surface area contributed by atoms with Crippen molar-refractivity contribution in [1.29, 1.82) is 0 Å². The van der Waals surface area contributed by atoms with Gasteiger partial charge in [0, 0.05) is 22.5 Å². The van der Waals surface area contributed by atoms with Crippen LogP contribution in [0.5, 0.6) is 0 Å². The lowest BCUT2D eigenvalue weighted by atomic mass is 10.0. The summed E-state index contributed by atoms with van der Waals surface area (Å²) in [5.41, 5.74) is 1.25. The van der Waals surface area contributed by atoms with Gasteiger partial charge in [0.05, 0.1) is 17.5 Å². The molecule has 0 saturated carbocycles. The molecule has 1 saturated heterocycles. The van der Waals surface area contributed by atoms with Crippen molar-refractivity contribution >= 4 is 50.2 Å². The van der Waals surface area contributed by atoms with Crippen molar-refractivity contribution in [3.63, 3.8) is 0 Å². The van der Waals surface area contributed by atoms with Crippen LogP contribution in [0.3, 0.4) is 0 Å². The van der Waals surface area contributed by atoms with Crippen molar-refractivity contribution in [3.05, 3.63) is 64.9 Å². The zero-order valence-electron chi connectivity index (χ0n) is 22.1. The van der Waals surface area contributed by atoms with Gasteiger partial charge in [0.15, 0.2) is 11.5 Å². The number of rotatable bonds is 8. The number of carbonyl (C=O) groups is 3.